The van der Waals surface area contributed by atoms with E-state index in [0.717, 1.165) is 44.0 Å². The van der Waals surface area contributed by atoms with Crippen molar-refractivity contribution in [3.8, 4) is 0 Å². The molecule has 1 aliphatic heterocycles. The molecule has 1 aromatic heterocycles. The summed E-state index contributed by atoms with van der Waals surface area (Å²) in [5, 5.41) is 15.9. The fourth-order valence-electron chi connectivity index (χ4n) is 2.16. The fraction of sp³-hybridized carbons (Fsp3) is 0.769. The van der Waals surface area contributed by atoms with E-state index >= 15 is 0 Å². The van der Waals surface area contributed by atoms with Gasteiger partial charge in [0.25, 0.3) is 0 Å². The number of carbonyl (C=O) groups is 1. The Bertz CT molecular complexity index is 426. The summed E-state index contributed by atoms with van der Waals surface area (Å²) in [6, 6.07) is 0. The summed E-state index contributed by atoms with van der Waals surface area (Å²) in [5.74, 6) is 0.551. The van der Waals surface area contributed by atoms with Crippen LogP contribution in [0.2, 0.25) is 0 Å². The zero-order valence-corrected chi connectivity index (χ0v) is 13.0. The molecule has 7 heteroatoms. The monoisotopic (exact) mass is 297 g/mol. The van der Waals surface area contributed by atoms with Gasteiger partial charge in [0.05, 0.1) is 6.54 Å². The third kappa shape index (κ3) is 5.15. The van der Waals surface area contributed by atoms with Crippen molar-refractivity contribution in [2.75, 3.05) is 38.0 Å². The fourth-order valence-corrected chi connectivity index (χ4v) is 3.13. The molecule has 112 valence electrons. The Balaban J connectivity index is 1.79. The van der Waals surface area contributed by atoms with Crippen molar-refractivity contribution >= 4 is 22.4 Å². The highest BCUT2D eigenvalue weighted by atomic mass is 32.1. The molecule has 0 atom stereocenters. The molecule has 2 rings (SSSR count). The van der Waals surface area contributed by atoms with Gasteiger partial charge in [-0.25, -0.2) is 0 Å². The van der Waals surface area contributed by atoms with Gasteiger partial charge in [-0.1, -0.05) is 25.2 Å². The van der Waals surface area contributed by atoms with Crippen LogP contribution in [0.3, 0.4) is 0 Å². The van der Waals surface area contributed by atoms with E-state index in [-0.39, 0.29) is 5.91 Å². The number of amides is 1. The number of carbonyl (C=O) groups excluding carboxylic acids is 1. The maximum atomic E-state index is 12.0. The molecule has 0 aliphatic carbocycles. The average Bonchev–Trinajstić information content (AvgIpc) is 2.63. The SMILES string of the molecule is CC(C)Cc1nnc(NC(=O)CN2CCCNCC2)s1. The Morgan fingerprint density at radius 1 is 1.40 bits per heavy atom. The van der Waals surface area contributed by atoms with Crippen LogP contribution in [-0.2, 0) is 11.2 Å². The number of rotatable bonds is 5. The second kappa shape index (κ2) is 7.66. The minimum atomic E-state index is -0.000790. The van der Waals surface area contributed by atoms with Crippen molar-refractivity contribution in [2.45, 2.75) is 26.7 Å². The highest BCUT2D eigenvalue weighted by molar-refractivity contribution is 7.15. The van der Waals surface area contributed by atoms with Gasteiger partial charge in [0, 0.05) is 19.5 Å². The first-order chi connectivity index (χ1) is 9.63. The molecule has 2 N–H and O–H groups in total. The third-order valence-electron chi connectivity index (χ3n) is 3.10. The van der Waals surface area contributed by atoms with Gasteiger partial charge >= 0.3 is 0 Å². The predicted octanol–water partition coefficient (Wildman–Crippen LogP) is 0.970. The van der Waals surface area contributed by atoms with E-state index in [0.29, 0.717) is 17.6 Å². The van der Waals surface area contributed by atoms with Crippen LogP contribution in [0.25, 0.3) is 0 Å². The summed E-state index contributed by atoms with van der Waals surface area (Å²) in [4.78, 5) is 14.2. The average molecular weight is 297 g/mol. The first-order valence-electron chi connectivity index (χ1n) is 7.19. The van der Waals surface area contributed by atoms with Crippen LogP contribution in [0.1, 0.15) is 25.3 Å². The Morgan fingerprint density at radius 2 is 2.25 bits per heavy atom. The highest BCUT2D eigenvalue weighted by Crippen LogP contribution is 2.18. The highest BCUT2D eigenvalue weighted by Gasteiger charge is 2.14. The smallest absolute Gasteiger partial charge is 0.240 e. The van der Waals surface area contributed by atoms with Crippen molar-refractivity contribution in [3.63, 3.8) is 0 Å². The first-order valence-corrected chi connectivity index (χ1v) is 8.00. The van der Waals surface area contributed by atoms with Crippen LogP contribution < -0.4 is 10.6 Å². The topological polar surface area (TPSA) is 70.2 Å². The standard InChI is InChI=1S/C13H23N5OS/c1-10(2)8-12-16-17-13(20-12)15-11(19)9-18-6-3-4-14-5-7-18/h10,14H,3-9H2,1-2H3,(H,15,17,19). The molecule has 6 nitrogen and oxygen atoms in total. The molecule has 0 bridgehead atoms. The molecule has 0 radical (unpaired) electrons. The number of nitrogens with one attached hydrogen (secondary N) is 2. The minimum Gasteiger partial charge on any atom is -0.315 e. The number of aromatic nitrogens is 2. The Kier molecular flexibility index (Phi) is 5.87. The van der Waals surface area contributed by atoms with Crippen molar-refractivity contribution in [2.24, 2.45) is 5.92 Å². The van der Waals surface area contributed by atoms with Crippen LogP contribution in [-0.4, -0.2) is 53.7 Å². The molecule has 1 amide bonds. The Hall–Kier alpha value is -1.05. The Labute approximate surface area is 124 Å². The summed E-state index contributed by atoms with van der Waals surface area (Å²) in [6.07, 6.45) is 2.00. The van der Waals surface area contributed by atoms with Crippen molar-refractivity contribution in [3.05, 3.63) is 5.01 Å². The first kappa shape index (κ1) is 15.3. The maximum absolute atomic E-state index is 12.0. The van der Waals surface area contributed by atoms with E-state index in [1.54, 1.807) is 0 Å². The lowest BCUT2D eigenvalue weighted by Crippen LogP contribution is -2.35. The number of hydrogen-bond donors (Lipinski definition) is 2. The predicted molar refractivity (Wildman–Crippen MR) is 81.0 cm³/mol. The van der Waals surface area contributed by atoms with E-state index in [1.807, 2.05) is 0 Å². The number of nitrogens with zero attached hydrogens (tertiary/aromatic N) is 3. The maximum Gasteiger partial charge on any atom is 0.240 e. The zero-order chi connectivity index (χ0) is 14.4. The summed E-state index contributed by atoms with van der Waals surface area (Å²) in [5.41, 5.74) is 0. The molecular weight excluding hydrogens is 274 g/mol. The van der Waals surface area contributed by atoms with Gasteiger partial charge in [0.2, 0.25) is 11.0 Å². The van der Waals surface area contributed by atoms with Gasteiger partial charge in [-0.2, -0.15) is 0 Å². The molecular formula is C13H23N5OS. The van der Waals surface area contributed by atoms with E-state index in [1.165, 1.54) is 11.3 Å². The van der Waals surface area contributed by atoms with Gasteiger partial charge in [-0.3, -0.25) is 15.0 Å². The van der Waals surface area contributed by atoms with Crippen LogP contribution in [0, 0.1) is 5.92 Å². The van der Waals surface area contributed by atoms with E-state index < -0.39 is 0 Å². The van der Waals surface area contributed by atoms with Crippen molar-refractivity contribution in [1.29, 1.82) is 0 Å². The number of anilines is 1. The summed E-state index contributed by atoms with van der Waals surface area (Å²) in [7, 11) is 0. The molecule has 0 saturated carbocycles. The molecule has 2 heterocycles. The van der Waals surface area contributed by atoms with Gasteiger partial charge < -0.3 is 5.32 Å². The molecule has 1 saturated heterocycles. The van der Waals surface area contributed by atoms with Crippen LogP contribution in [0.4, 0.5) is 5.13 Å². The quantitative estimate of drug-likeness (QED) is 0.847. The van der Waals surface area contributed by atoms with E-state index in [4.69, 9.17) is 0 Å². The number of hydrogen-bond acceptors (Lipinski definition) is 6. The van der Waals surface area contributed by atoms with Crippen LogP contribution in [0.5, 0.6) is 0 Å². The molecule has 0 spiro atoms. The molecule has 0 unspecified atom stereocenters. The summed E-state index contributed by atoms with van der Waals surface area (Å²) < 4.78 is 0. The van der Waals surface area contributed by atoms with E-state index in [2.05, 4.69) is 39.6 Å². The molecule has 0 aromatic carbocycles. The van der Waals surface area contributed by atoms with Gasteiger partial charge in [-0.05, 0) is 25.4 Å². The molecule has 1 aliphatic rings. The van der Waals surface area contributed by atoms with Crippen molar-refractivity contribution in [1.82, 2.24) is 20.4 Å². The summed E-state index contributed by atoms with van der Waals surface area (Å²) in [6.45, 7) is 8.59. The second-order valence-electron chi connectivity index (χ2n) is 5.53. The third-order valence-corrected chi connectivity index (χ3v) is 3.96. The van der Waals surface area contributed by atoms with Crippen molar-refractivity contribution < 1.29 is 4.79 Å². The van der Waals surface area contributed by atoms with E-state index in [9.17, 15) is 4.79 Å². The minimum absolute atomic E-state index is 0.000790. The lowest BCUT2D eigenvalue weighted by atomic mass is 10.1. The molecule has 1 fully saturated rings. The zero-order valence-electron chi connectivity index (χ0n) is 12.2. The summed E-state index contributed by atoms with van der Waals surface area (Å²) >= 11 is 1.47. The normalized spacial score (nSPS) is 17.1. The molecule has 20 heavy (non-hydrogen) atoms. The van der Waals surface area contributed by atoms with Gasteiger partial charge in [-0.15, -0.1) is 10.2 Å². The largest absolute Gasteiger partial charge is 0.315 e. The van der Waals surface area contributed by atoms with Crippen LogP contribution in [0.15, 0.2) is 0 Å². The van der Waals surface area contributed by atoms with Gasteiger partial charge in [0.1, 0.15) is 5.01 Å². The van der Waals surface area contributed by atoms with Crippen LogP contribution >= 0.6 is 11.3 Å². The second-order valence-corrected chi connectivity index (χ2v) is 6.59. The Morgan fingerprint density at radius 3 is 3.05 bits per heavy atom. The van der Waals surface area contributed by atoms with Gasteiger partial charge in [0.15, 0.2) is 0 Å². The lowest BCUT2D eigenvalue weighted by Gasteiger charge is -2.17. The molecule has 1 aromatic rings. The lowest BCUT2D eigenvalue weighted by molar-refractivity contribution is -0.117.